The minimum absolute atomic E-state index is 0.0658. The number of carboxylic acids is 1. The maximum atomic E-state index is 13.2. The predicted octanol–water partition coefficient (Wildman–Crippen LogP) is 3.46. The standard InChI is InChI=1S/C16H13FO3/c1-10-8-11(2-7-15(10)17)9-14(16(19)20)12-3-5-13(18)6-4-12/h2-9,18H,1H3,(H,19,20)/b14-9+. The number of rotatable bonds is 3. The Kier molecular flexibility index (Phi) is 3.84. The second-order valence-corrected chi connectivity index (χ2v) is 4.42. The van der Waals surface area contributed by atoms with Gasteiger partial charge < -0.3 is 10.2 Å². The average Bonchev–Trinajstić information content (AvgIpc) is 2.41. The number of benzene rings is 2. The highest BCUT2D eigenvalue weighted by Gasteiger charge is 2.10. The van der Waals surface area contributed by atoms with Gasteiger partial charge >= 0.3 is 5.97 Å². The second kappa shape index (κ2) is 5.57. The third kappa shape index (κ3) is 3.03. The summed E-state index contributed by atoms with van der Waals surface area (Å²) in [4.78, 5) is 11.3. The molecule has 102 valence electrons. The molecule has 0 saturated heterocycles. The lowest BCUT2D eigenvalue weighted by molar-refractivity contribution is -0.130. The van der Waals surface area contributed by atoms with Crippen LogP contribution in [0, 0.1) is 12.7 Å². The van der Waals surface area contributed by atoms with Crippen LogP contribution in [0.15, 0.2) is 42.5 Å². The highest BCUT2D eigenvalue weighted by molar-refractivity contribution is 6.20. The van der Waals surface area contributed by atoms with E-state index in [1.165, 1.54) is 42.5 Å². The van der Waals surface area contributed by atoms with Gasteiger partial charge in [-0.1, -0.05) is 18.2 Å². The van der Waals surface area contributed by atoms with Crippen LogP contribution in [0.3, 0.4) is 0 Å². The summed E-state index contributed by atoms with van der Waals surface area (Å²) in [7, 11) is 0. The van der Waals surface area contributed by atoms with E-state index in [1.807, 2.05) is 0 Å². The van der Waals surface area contributed by atoms with Crippen molar-refractivity contribution in [1.29, 1.82) is 0 Å². The first kappa shape index (κ1) is 13.8. The van der Waals surface area contributed by atoms with Crippen LogP contribution in [0.1, 0.15) is 16.7 Å². The summed E-state index contributed by atoms with van der Waals surface area (Å²) in [5.74, 6) is -1.35. The molecule has 3 nitrogen and oxygen atoms in total. The summed E-state index contributed by atoms with van der Waals surface area (Å²) in [6.07, 6.45) is 1.47. The SMILES string of the molecule is Cc1cc(/C=C(/C(=O)O)c2ccc(O)cc2)ccc1F. The zero-order valence-electron chi connectivity index (χ0n) is 10.8. The molecular formula is C16H13FO3. The molecule has 0 saturated carbocycles. The Bertz CT molecular complexity index is 673. The lowest BCUT2D eigenvalue weighted by Crippen LogP contribution is -1.99. The highest BCUT2D eigenvalue weighted by atomic mass is 19.1. The largest absolute Gasteiger partial charge is 0.508 e. The summed E-state index contributed by atoms with van der Waals surface area (Å²) >= 11 is 0. The summed E-state index contributed by atoms with van der Waals surface area (Å²) in [6.45, 7) is 1.62. The molecule has 0 fully saturated rings. The fraction of sp³-hybridized carbons (Fsp3) is 0.0625. The molecule has 2 rings (SSSR count). The number of halogens is 1. The smallest absolute Gasteiger partial charge is 0.336 e. The van der Waals surface area contributed by atoms with Gasteiger partial charge in [0.05, 0.1) is 5.57 Å². The van der Waals surface area contributed by atoms with Gasteiger partial charge in [-0.3, -0.25) is 0 Å². The van der Waals surface area contributed by atoms with Crippen LogP contribution in [0.4, 0.5) is 4.39 Å². The van der Waals surface area contributed by atoms with E-state index in [2.05, 4.69) is 0 Å². The molecule has 0 spiro atoms. The van der Waals surface area contributed by atoms with Gasteiger partial charge in [-0.2, -0.15) is 0 Å². The lowest BCUT2D eigenvalue weighted by atomic mass is 10.0. The molecule has 0 aliphatic heterocycles. The van der Waals surface area contributed by atoms with Crippen LogP contribution in [-0.2, 0) is 4.79 Å². The van der Waals surface area contributed by atoms with Crippen molar-refractivity contribution in [2.45, 2.75) is 6.92 Å². The number of carboxylic acid groups (broad SMARTS) is 1. The molecule has 0 heterocycles. The van der Waals surface area contributed by atoms with Crippen molar-refractivity contribution in [3.8, 4) is 5.75 Å². The first-order valence-electron chi connectivity index (χ1n) is 5.98. The fourth-order valence-electron chi connectivity index (χ4n) is 1.83. The molecule has 20 heavy (non-hydrogen) atoms. The molecule has 4 heteroatoms. The monoisotopic (exact) mass is 272 g/mol. The Labute approximate surface area is 115 Å². The van der Waals surface area contributed by atoms with E-state index >= 15 is 0 Å². The van der Waals surface area contributed by atoms with Crippen LogP contribution in [-0.4, -0.2) is 16.2 Å². The molecule has 0 atom stereocenters. The number of aryl methyl sites for hydroxylation is 1. The number of phenolic OH excluding ortho intramolecular Hbond substituents is 1. The minimum atomic E-state index is -1.09. The molecule has 0 aliphatic carbocycles. The van der Waals surface area contributed by atoms with Gasteiger partial charge in [0.2, 0.25) is 0 Å². The van der Waals surface area contributed by atoms with Gasteiger partial charge in [-0.05, 0) is 54.0 Å². The van der Waals surface area contributed by atoms with Crippen molar-refractivity contribution >= 4 is 17.6 Å². The topological polar surface area (TPSA) is 57.5 Å². The Balaban J connectivity index is 2.47. The van der Waals surface area contributed by atoms with E-state index < -0.39 is 5.97 Å². The number of aliphatic carboxylic acids is 1. The Hall–Kier alpha value is -2.62. The quantitative estimate of drug-likeness (QED) is 0.664. The minimum Gasteiger partial charge on any atom is -0.508 e. The van der Waals surface area contributed by atoms with Crippen molar-refractivity contribution in [3.05, 3.63) is 65.0 Å². The first-order chi connectivity index (χ1) is 9.47. The van der Waals surface area contributed by atoms with E-state index in [0.717, 1.165) is 0 Å². The zero-order valence-corrected chi connectivity index (χ0v) is 10.8. The Morgan fingerprint density at radius 3 is 2.35 bits per heavy atom. The highest BCUT2D eigenvalue weighted by Crippen LogP contribution is 2.22. The third-order valence-corrected chi connectivity index (χ3v) is 2.90. The summed E-state index contributed by atoms with van der Waals surface area (Å²) in [5, 5.41) is 18.5. The van der Waals surface area contributed by atoms with Gasteiger partial charge in [0, 0.05) is 0 Å². The van der Waals surface area contributed by atoms with Crippen molar-refractivity contribution < 1.29 is 19.4 Å². The van der Waals surface area contributed by atoms with Gasteiger partial charge in [-0.15, -0.1) is 0 Å². The van der Waals surface area contributed by atoms with Gasteiger partial charge in [0.15, 0.2) is 0 Å². The summed E-state index contributed by atoms with van der Waals surface area (Å²) < 4.78 is 13.2. The van der Waals surface area contributed by atoms with E-state index in [-0.39, 0.29) is 17.1 Å². The van der Waals surface area contributed by atoms with Crippen LogP contribution >= 0.6 is 0 Å². The van der Waals surface area contributed by atoms with E-state index in [0.29, 0.717) is 16.7 Å². The normalized spacial score (nSPS) is 11.4. The molecule has 0 aliphatic rings. The first-order valence-corrected chi connectivity index (χ1v) is 5.98. The molecular weight excluding hydrogens is 259 g/mol. The number of carbonyl (C=O) groups is 1. The van der Waals surface area contributed by atoms with Crippen LogP contribution < -0.4 is 0 Å². The maximum absolute atomic E-state index is 13.2. The summed E-state index contributed by atoms with van der Waals surface area (Å²) in [5.41, 5.74) is 1.61. The van der Waals surface area contributed by atoms with Crippen molar-refractivity contribution in [1.82, 2.24) is 0 Å². The van der Waals surface area contributed by atoms with Gasteiger partial charge in [0.1, 0.15) is 11.6 Å². The number of hydrogen-bond acceptors (Lipinski definition) is 2. The third-order valence-electron chi connectivity index (χ3n) is 2.90. The lowest BCUT2D eigenvalue weighted by Gasteiger charge is -2.04. The van der Waals surface area contributed by atoms with Crippen molar-refractivity contribution in [3.63, 3.8) is 0 Å². The molecule has 0 radical (unpaired) electrons. The van der Waals surface area contributed by atoms with E-state index in [9.17, 15) is 19.4 Å². The van der Waals surface area contributed by atoms with Crippen molar-refractivity contribution in [2.24, 2.45) is 0 Å². The summed E-state index contributed by atoms with van der Waals surface area (Å²) in [6, 6.07) is 10.3. The number of aromatic hydroxyl groups is 1. The predicted molar refractivity (Wildman–Crippen MR) is 74.8 cm³/mol. The Morgan fingerprint density at radius 2 is 1.80 bits per heavy atom. The van der Waals surface area contributed by atoms with E-state index in [1.54, 1.807) is 13.0 Å². The van der Waals surface area contributed by atoms with Crippen LogP contribution in [0.5, 0.6) is 5.75 Å². The molecule has 0 aromatic heterocycles. The molecule has 2 aromatic rings. The molecule has 0 amide bonds. The number of phenols is 1. The number of hydrogen-bond donors (Lipinski definition) is 2. The van der Waals surface area contributed by atoms with Gasteiger partial charge in [0.25, 0.3) is 0 Å². The zero-order chi connectivity index (χ0) is 14.7. The molecule has 0 unspecified atom stereocenters. The second-order valence-electron chi connectivity index (χ2n) is 4.42. The fourth-order valence-corrected chi connectivity index (χ4v) is 1.83. The maximum Gasteiger partial charge on any atom is 0.336 e. The average molecular weight is 272 g/mol. The molecule has 0 bridgehead atoms. The Morgan fingerprint density at radius 1 is 1.15 bits per heavy atom. The molecule has 2 aromatic carbocycles. The van der Waals surface area contributed by atoms with Gasteiger partial charge in [-0.25, -0.2) is 9.18 Å². The van der Waals surface area contributed by atoms with Crippen LogP contribution in [0.2, 0.25) is 0 Å². The molecule has 2 N–H and O–H groups in total. The van der Waals surface area contributed by atoms with Crippen molar-refractivity contribution in [2.75, 3.05) is 0 Å². The van der Waals surface area contributed by atoms with Crippen LogP contribution in [0.25, 0.3) is 11.6 Å². The van der Waals surface area contributed by atoms with E-state index in [4.69, 9.17) is 0 Å².